The summed E-state index contributed by atoms with van der Waals surface area (Å²) in [6.07, 6.45) is 0.654. The van der Waals surface area contributed by atoms with Crippen LogP contribution in [0, 0.1) is 5.92 Å². The first-order valence-corrected chi connectivity index (χ1v) is 6.93. The van der Waals surface area contributed by atoms with Gasteiger partial charge in [0.25, 0.3) is 5.91 Å². The summed E-state index contributed by atoms with van der Waals surface area (Å²) >= 11 is 0. The molecule has 1 aliphatic rings. The van der Waals surface area contributed by atoms with Crippen LogP contribution in [0.25, 0.3) is 0 Å². The Hall–Kier alpha value is -1.39. The molecule has 1 amide bonds. The van der Waals surface area contributed by atoms with Crippen molar-refractivity contribution in [3.8, 4) is 0 Å². The molecular weight excluding hydrogens is 240 g/mol. The average Bonchev–Trinajstić information content (AvgIpc) is 2.84. The van der Waals surface area contributed by atoms with Gasteiger partial charge < -0.3 is 15.4 Å². The second-order valence-electron chi connectivity index (χ2n) is 5.02. The van der Waals surface area contributed by atoms with Crippen molar-refractivity contribution in [2.75, 3.05) is 18.5 Å². The van der Waals surface area contributed by atoms with Crippen LogP contribution in [0.15, 0.2) is 24.3 Å². The van der Waals surface area contributed by atoms with E-state index in [1.807, 2.05) is 24.3 Å². The Morgan fingerprint density at radius 1 is 1.37 bits per heavy atom. The molecule has 19 heavy (non-hydrogen) atoms. The van der Waals surface area contributed by atoms with Crippen molar-refractivity contribution in [3.05, 3.63) is 29.8 Å². The first-order chi connectivity index (χ1) is 9.20. The summed E-state index contributed by atoms with van der Waals surface area (Å²) in [5.74, 6) is 0.262. The molecule has 1 aliphatic heterocycles. The van der Waals surface area contributed by atoms with Gasteiger partial charge in [-0.15, -0.1) is 0 Å². The van der Waals surface area contributed by atoms with Crippen molar-refractivity contribution in [2.24, 2.45) is 5.92 Å². The summed E-state index contributed by atoms with van der Waals surface area (Å²) in [6, 6.07) is 7.92. The largest absolute Gasteiger partial charge is 0.368 e. The Labute approximate surface area is 114 Å². The van der Waals surface area contributed by atoms with Crippen LogP contribution in [0.3, 0.4) is 0 Å². The monoisotopic (exact) mass is 262 g/mol. The standard InChI is InChI=1S/C15H22N2O2/c1-3-16-10-12-4-6-13(7-5-12)17-15(18)14-11(2)8-9-19-14/h4-7,11,14,16H,3,8-10H2,1-2H3,(H,17,18). The predicted molar refractivity (Wildman–Crippen MR) is 76.0 cm³/mol. The van der Waals surface area contributed by atoms with Crippen molar-refractivity contribution in [1.82, 2.24) is 5.32 Å². The summed E-state index contributed by atoms with van der Waals surface area (Å²) in [5, 5.41) is 6.18. The number of carbonyl (C=O) groups is 1. The second-order valence-corrected chi connectivity index (χ2v) is 5.02. The summed E-state index contributed by atoms with van der Waals surface area (Å²) in [4.78, 5) is 12.0. The summed E-state index contributed by atoms with van der Waals surface area (Å²) in [7, 11) is 0. The van der Waals surface area contributed by atoms with Crippen molar-refractivity contribution in [3.63, 3.8) is 0 Å². The van der Waals surface area contributed by atoms with E-state index >= 15 is 0 Å². The molecule has 1 heterocycles. The van der Waals surface area contributed by atoms with Gasteiger partial charge in [-0.25, -0.2) is 0 Å². The van der Waals surface area contributed by atoms with Crippen LogP contribution in [-0.4, -0.2) is 25.2 Å². The molecule has 4 heteroatoms. The summed E-state index contributed by atoms with van der Waals surface area (Å²) in [5.41, 5.74) is 2.04. The van der Waals surface area contributed by atoms with E-state index in [4.69, 9.17) is 4.74 Å². The SMILES string of the molecule is CCNCc1ccc(NC(=O)C2OCCC2C)cc1. The molecule has 104 valence electrons. The zero-order valence-corrected chi connectivity index (χ0v) is 11.6. The fourth-order valence-corrected chi connectivity index (χ4v) is 2.22. The number of ether oxygens (including phenoxy) is 1. The van der Waals surface area contributed by atoms with Crippen LogP contribution < -0.4 is 10.6 Å². The molecule has 2 rings (SSSR count). The van der Waals surface area contributed by atoms with E-state index in [-0.39, 0.29) is 12.0 Å². The van der Waals surface area contributed by atoms with Crippen LogP contribution in [-0.2, 0) is 16.1 Å². The molecule has 1 saturated heterocycles. The lowest BCUT2D eigenvalue weighted by atomic mass is 10.0. The minimum atomic E-state index is -0.304. The highest BCUT2D eigenvalue weighted by molar-refractivity contribution is 5.94. The van der Waals surface area contributed by atoms with Crippen LogP contribution in [0.2, 0.25) is 0 Å². The normalized spacial score (nSPS) is 22.4. The first-order valence-electron chi connectivity index (χ1n) is 6.93. The van der Waals surface area contributed by atoms with E-state index in [2.05, 4.69) is 24.5 Å². The number of anilines is 1. The maximum atomic E-state index is 12.0. The van der Waals surface area contributed by atoms with E-state index < -0.39 is 0 Å². The highest BCUT2D eigenvalue weighted by Crippen LogP contribution is 2.21. The summed E-state index contributed by atoms with van der Waals surface area (Å²) < 4.78 is 5.45. The van der Waals surface area contributed by atoms with E-state index in [9.17, 15) is 4.79 Å². The third-order valence-corrected chi connectivity index (χ3v) is 3.45. The van der Waals surface area contributed by atoms with Gasteiger partial charge in [0.1, 0.15) is 6.10 Å². The Bertz CT molecular complexity index is 417. The number of amides is 1. The molecule has 1 aromatic rings. The first kappa shape index (κ1) is 14.0. The molecule has 4 nitrogen and oxygen atoms in total. The Kier molecular flexibility index (Phi) is 4.93. The van der Waals surface area contributed by atoms with E-state index in [0.717, 1.165) is 25.2 Å². The highest BCUT2D eigenvalue weighted by Gasteiger charge is 2.30. The number of hydrogen-bond acceptors (Lipinski definition) is 3. The molecular formula is C15H22N2O2. The van der Waals surface area contributed by atoms with Gasteiger partial charge in [0.15, 0.2) is 0 Å². The topological polar surface area (TPSA) is 50.4 Å². The molecule has 0 aliphatic carbocycles. The molecule has 0 radical (unpaired) electrons. The van der Waals surface area contributed by atoms with Crippen LogP contribution in [0.5, 0.6) is 0 Å². The maximum absolute atomic E-state index is 12.0. The molecule has 0 aromatic heterocycles. The molecule has 2 atom stereocenters. The van der Waals surface area contributed by atoms with Crippen LogP contribution in [0.1, 0.15) is 25.8 Å². The zero-order valence-electron chi connectivity index (χ0n) is 11.6. The maximum Gasteiger partial charge on any atom is 0.253 e. The lowest BCUT2D eigenvalue weighted by Gasteiger charge is -2.14. The summed E-state index contributed by atoms with van der Waals surface area (Å²) in [6.45, 7) is 6.62. The fourth-order valence-electron chi connectivity index (χ4n) is 2.22. The van der Waals surface area contributed by atoms with Gasteiger partial charge in [-0.3, -0.25) is 4.79 Å². The molecule has 1 fully saturated rings. The quantitative estimate of drug-likeness (QED) is 0.855. The van der Waals surface area contributed by atoms with Gasteiger partial charge in [-0.2, -0.15) is 0 Å². The Morgan fingerprint density at radius 2 is 2.11 bits per heavy atom. The third-order valence-electron chi connectivity index (χ3n) is 3.45. The molecule has 2 unspecified atom stereocenters. The molecule has 0 spiro atoms. The molecule has 0 bridgehead atoms. The minimum Gasteiger partial charge on any atom is -0.368 e. The lowest BCUT2D eigenvalue weighted by Crippen LogP contribution is -2.31. The fraction of sp³-hybridized carbons (Fsp3) is 0.533. The van der Waals surface area contributed by atoms with Crippen LogP contribution >= 0.6 is 0 Å². The zero-order chi connectivity index (χ0) is 13.7. The second kappa shape index (κ2) is 6.68. The van der Waals surface area contributed by atoms with E-state index in [0.29, 0.717) is 12.5 Å². The van der Waals surface area contributed by atoms with Crippen molar-refractivity contribution < 1.29 is 9.53 Å². The number of nitrogens with one attached hydrogen (secondary N) is 2. The van der Waals surface area contributed by atoms with E-state index in [1.165, 1.54) is 5.56 Å². The number of carbonyl (C=O) groups excluding carboxylic acids is 1. The van der Waals surface area contributed by atoms with Crippen LogP contribution in [0.4, 0.5) is 5.69 Å². The van der Waals surface area contributed by atoms with Gasteiger partial charge in [0.2, 0.25) is 0 Å². The average molecular weight is 262 g/mol. The predicted octanol–water partition coefficient (Wildman–Crippen LogP) is 2.16. The van der Waals surface area contributed by atoms with Crippen molar-refractivity contribution >= 4 is 11.6 Å². The minimum absolute atomic E-state index is 0.0376. The molecule has 2 N–H and O–H groups in total. The lowest BCUT2D eigenvalue weighted by molar-refractivity contribution is -0.126. The number of hydrogen-bond donors (Lipinski definition) is 2. The van der Waals surface area contributed by atoms with Crippen molar-refractivity contribution in [2.45, 2.75) is 32.9 Å². The van der Waals surface area contributed by atoms with Gasteiger partial charge in [0, 0.05) is 18.8 Å². The molecule has 1 aromatic carbocycles. The third kappa shape index (κ3) is 3.78. The highest BCUT2D eigenvalue weighted by atomic mass is 16.5. The Morgan fingerprint density at radius 3 is 2.68 bits per heavy atom. The van der Waals surface area contributed by atoms with Gasteiger partial charge >= 0.3 is 0 Å². The van der Waals surface area contributed by atoms with Gasteiger partial charge in [0.05, 0.1) is 0 Å². The number of benzene rings is 1. The number of rotatable bonds is 5. The smallest absolute Gasteiger partial charge is 0.253 e. The Balaban J connectivity index is 1.90. The van der Waals surface area contributed by atoms with Gasteiger partial charge in [-0.1, -0.05) is 26.0 Å². The van der Waals surface area contributed by atoms with E-state index in [1.54, 1.807) is 0 Å². The molecule has 0 saturated carbocycles. The van der Waals surface area contributed by atoms with Crippen molar-refractivity contribution in [1.29, 1.82) is 0 Å². The van der Waals surface area contributed by atoms with Gasteiger partial charge in [-0.05, 0) is 36.6 Å².